The lowest BCUT2D eigenvalue weighted by Crippen LogP contribution is -2.43. The van der Waals surface area contributed by atoms with E-state index in [-0.39, 0.29) is 0 Å². The van der Waals surface area contributed by atoms with E-state index in [1.165, 1.54) is 17.3 Å². The molecule has 0 fully saturated rings. The van der Waals surface area contributed by atoms with Gasteiger partial charge in [-0.2, -0.15) is 0 Å². The van der Waals surface area contributed by atoms with E-state index in [2.05, 4.69) is 12.1 Å². The van der Waals surface area contributed by atoms with Crippen molar-refractivity contribution in [3.8, 4) is 0 Å². The molecule has 4 N–H and O–H groups in total. The lowest BCUT2D eigenvalue weighted by molar-refractivity contribution is -0.110. The van der Waals surface area contributed by atoms with Crippen molar-refractivity contribution in [3.05, 3.63) is 35.9 Å². The number of nitrogens with two attached hydrogens (primary N) is 2. The molecular formula is C9H13N2S+. The molecule has 0 spiro atoms. The van der Waals surface area contributed by atoms with Crippen LogP contribution in [0.2, 0.25) is 0 Å². The average molecular weight is 181 g/mol. The van der Waals surface area contributed by atoms with Gasteiger partial charge in [0.15, 0.2) is 0 Å². The van der Waals surface area contributed by atoms with Gasteiger partial charge in [-0.25, -0.2) is 0 Å². The number of benzene rings is 1. The summed E-state index contributed by atoms with van der Waals surface area (Å²) < 4.78 is 0. The SMILES string of the molecule is NC(=[NH2+])SCCc1ccccc1. The Bertz CT molecular complexity index is 246. The molecule has 0 saturated heterocycles. The van der Waals surface area contributed by atoms with Crippen LogP contribution in [0.4, 0.5) is 0 Å². The first-order chi connectivity index (χ1) is 5.79. The largest absolute Gasteiger partial charge is 0.299 e. The molecule has 1 aromatic carbocycles. The van der Waals surface area contributed by atoms with Crippen LogP contribution < -0.4 is 11.1 Å². The van der Waals surface area contributed by atoms with E-state index >= 15 is 0 Å². The fourth-order valence-corrected chi connectivity index (χ4v) is 1.50. The summed E-state index contributed by atoms with van der Waals surface area (Å²) in [5, 5.41) is 5.76. The Morgan fingerprint density at radius 2 is 2.00 bits per heavy atom. The van der Waals surface area contributed by atoms with Gasteiger partial charge in [0.05, 0.1) is 0 Å². The molecule has 0 aliphatic carbocycles. The van der Waals surface area contributed by atoms with Gasteiger partial charge in [-0.3, -0.25) is 11.1 Å². The molecule has 0 aliphatic heterocycles. The van der Waals surface area contributed by atoms with E-state index in [0.29, 0.717) is 5.17 Å². The first-order valence-corrected chi connectivity index (χ1v) is 4.82. The number of rotatable bonds is 3. The van der Waals surface area contributed by atoms with Gasteiger partial charge in [0.1, 0.15) is 0 Å². The van der Waals surface area contributed by atoms with Crippen LogP contribution in [-0.2, 0) is 6.42 Å². The van der Waals surface area contributed by atoms with E-state index in [4.69, 9.17) is 11.1 Å². The zero-order valence-corrected chi connectivity index (χ0v) is 7.68. The van der Waals surface area contributed by atoms with Crippen molar-refractivity contribution in [1.29, 1.82) is 0 Å². The molecule has 0 saturated carbocycles. The Morgan fingerprint density at radius 3 is 2.58 bits per heavy atom. The van der Waals surface area contributed by atoms with E-state index in [9.17, 15) is 0 Å². The molecule has 1 aromatic rings. The number of aryl methyl sites for hydroxylation is 1. The number of hydrogen-bond acceptors (Lipinski definition) is 1. The van der Waals surface area contributed by atoms with E-state index in [0.717, 1.165) is 12.2 Å². The van der Waals surface area contributed by atoms with Crippen molar-refractivity contribution in [3.63, 3.8) is 0 Å². The Balaban J connectivity index is 2.29. The molecule has 0 heterocycles. The van der Waals surface area contributed by atoms with Gasteiger partial charge in [0.25, 0.3) is 5.17 Å². The van der Waals surface area contributed by atoms with E-state index in [1.54, 1.807) is 0 Å². The summed E-state index contributed by atoms with van der Waals surface area (Å²) in [7, 11) is 0. The van der Waals surface area contributed by atoms with Crippen LogP contribution in [-0.4, -0.2) is 10.9 Å². The summed E-state index contributed by atoms with van der Waals surface area (Å²) in [5.41, 5.74) is 6.64. The molecule has 2 nitrogen and oxygen atoms in total. The monoisotopic (exact) mass is 181 g/mol. The van der Waals surface area contributed by atoms with Gasteiger partial charge in [0.2, 0.25) is 0 Å². The zero-order chi connectivity index (χ0) is 8.81. The summed E-state index contributed by atoms with van der Waals surface area (Å²) >= 11 is 1.50. The maximum absolute atomic E-state index is 5.31. The van der Waals surface area contributed by atoms with Gasteiger partial charge in [-0.05, 0) is 23.7 Å². The molecule has 0 aliphatic rings. The minimum Gasteiger partial charge on any atom is -0.282 e. The molecule has 0 unspecified atom stereocenters. The first kappa shape index (κ1) is 9.13. The number of hydrogen-bond donors (Lipinski definition) is 2. The van der Waals surface area contributed by atoms with Gasteiger partial charge < -0.3 is 0 Å². The Labute approximate surface area is 76.7 Å². The third kappa shape index (κ3) is 3.44. The van der Waals surface area contributed by atoms with Crippen molar-refractivity contribution in [2.75, 3.05) is 5.75 Å². The second kappa shape index (κ2) is 4.83. The van der Waals surface area contributed by atoms with Gasteiger partial charge in [-0.1, -0.05) is 30.3 Å². The molecule has 64 valence electrons. The number of amidine groups is 1. The first-order valence-electron chi connectivity index (χ1n) is 3.83. The highest BCUT2D eigenvalue weighted by Gasteiger charge is 1.96. The second-order valence-electron chi connectivity index (χ2n) is 2.49. The molecular weight excluding hydrogens is 168 g/mol. The molecule has 12 heavy (non-hydrogen) atoms. The highest BCUT2D eigenvalue weighted by molar-refractivity contribution is 8.13. The maximum Gasteiger partial charge on any atom is 0.299 e. The summed E-state index contributed by atoms with van der Waals surface area (Å²) in [6.07, 6.45) is 1.02. The van der Waals surface area contributed by atoms with Crippen molar-refractivity contribution in [1.82, 2.24) is 0 Å². The highest BCUT2D eigenvalue weighted by Crippen LogP contribution is 2.04. The summed E-state index contributed by atoms with van der Waals surface area (Å²) in [6.45, 7) is 0. The van der Waals surface area contributed by atoms with Gasteiger partial charge in [0, 0.05) is 5.75 Å². The average Bonchev–Trinajstić information content (AvgIpc) is 2.05. The second-order valence-corrected chi connectivity index (χ2v) is 3.65. The quantitative estimate of drug-likeness (QED) is 0.511. The summed E-state index contributed by atoms with van der Waals surface area (Å²) in [4.78, 5) is 0. The zero-order valence-electron chi connectivity index (χ0n) is 6.86. The van der Waals surface area contributed by atoms with Crippen LogP contribution in [0, 0.1) is 0 Å². The normalized spacial score (nSPS) is 9.67. The summed E-state index contributed by atoms with van der Waals surface area (Å²) in [5.74, 6) is 0.951. The fourth-order valence-electron chi connectivity index (χ4n) is 0.931. The smallest absolute Gasteiger partial charge is 0.282 e. The molecule has 0 radical (unpaired) electrons. The van der Waals surface area contributed by atoms with Gasteiger partial charge in [-0.15, -0.1) is 0 Å². The van der Waals surface area contributed by atoms with Crippen LogP contribution in [0.15, 0.2) is 30.3 Å². The Hall–Kier alpha value is -0.960. The molecule has 3 heteroatoms. The highest BCUT2D eigenvalue weighted by atomic mass is 32.2. The Kier molecular flexibility index (Phi) is 3.67. The van der Waals surface area contributed by atoms with Crippen molar-refractivity contribution >= 4 is 16.9 Å². The minimum atomic E-state index is 0.450. The van der Waals surface area contributed by atoms with Gasteiger partial charge >= 0.3 is 0 Å². The molecule has 0 atom stereocenters. The topological polar surface area (TPSA) is 51.6 Å². The predicted octanol–water partition coefficient (Wildman–Crippen LogP) is 0.0361. The third-order valence-corrected chi connectivity index (χ3v) is 2.24. The van der Waals surface area contributed by atoms with Crippen LogP contribution in [0.1, 0.15) is 5.56 Å². The van der Waals surface area contributed by atoms with Crippen molar-refractivity contribution in [2.24, 2.45) is 5.73 Å². The molecule has 0 aromatic heterocycles. The predicted molar refractivity (Wildman–Crippen MR) is 53.7 cm³/mol. The molecule has 0 amide bonds. The maximum atomic E-state index is 5.31. The molecule has 0 bridgehead atoms. The Morgan fingerprint density at radius 1 is 1.33 bits per heavy atom. The minimum absolute atomic E-state index is 0.450. The lowest BCUT2D eigenvalue weighted by atomic mass is 10.2. The molecule has 1 rings (SSSR count). The number of thioether (sulfide) groups is 1. The van der Waals surface area contributed by atoms with Crippen molar-refractivity contribution in [2.45, 2.75) is 6.42 Å². The lowest BCUT2D eigenvalue weighted by Gasteiger charge is -1.96. The standard InChI is InChI=1S/C9H12N2S/c10-9(11)12-7-6-8-4-2-1-3-5-8/h1-5H,6-7H2,(H3,10,11)/p+1. The third-order valence-electron chi connectivity index (χ3n) is 1.50. The van der Waals surface area contributed by atoms with Crippen LogP contribution in [0.3, 0.4) is 0 Å². The van der Waals surface area contributed by atoms with Crippen LogP contribution >= 0.6 is 11.8 Å². The summed E-state index contributed by atoms with van der Waals surface area (Å²) in [6, 6.07) is 10.3. The van der Waals surface area contributed by atoms with Crippen molar-refractivity contribution < 1.29 is 5.41 Å². The van der Waals surface area contributed by atoms with E-state index in [1.807, 2.05) is 18.2 Å². The van der Waals surface area contributed by atoms with E-state index < -0.39 is 0 Å². The van der Waals surface area contributed by atoms with Crippen LogP contribution in [0.5, 0.6) is 0 Å². The van der Waals surface area contributed by atoms with Crippen LogP contribution in [0.25, 0.3) is 0 Å². The fraction of sp³-hybridized carbons (Fsp3) is 0.222.